The van der Waals surface area contributed by atoms with E-state index in [1.54, 1.807) is 30.5 Å². The Hall–Kier alpha value is -2.64. The van der Waals surface area contributed by atoms with Crippen molar-refractivity contribution in [3.05, 3.63) is 48.4 Å². The summed E-state index contributed by atoms with van der Waals surface area (Å²) in [5.74, 6) is 0.677. The molecule has 0 radical (unpaired) electrons. The summed E-state index contributed by atoms with van der Waals surface area (Å²) in [4.78, 5) is 21.6. The van der Waals surface area contributed by atoms with Crippen LogP contribution in [0.2, 0.25) is 5.28 Å². The molecule has 1 aromatic heterocycles. The van der Waals surface area contributed by atoms with Gasteiger partial charge in [0.25, 0.3) is 0 Å². The first-order valence-corrected chi connectivity index (χ1v) is 8.10. The van der Waals surface area contributed by atoms with Crippen LogP contribution in [-0.4, -0.2) is 42.2 Å². The number of carbonyl (C=O) groups excluding carboxylic acids is 1. The minimum atomic E-state index is -0.272. The highest BCUT2D eigenvalue weighted by atomic mass is 35.5. The van der Waals surface area contributed by atoms with E-state index in [1.165, 1.54) is 6.08 Å². The van der Waals surface area contributed by atoms with Crippen LogP contribution in [0.5, 0.6) is 11.6 Å². The van der Waals surface area contributed by atoms with E-state index >= 15 is 0 Å². The van der Waals surface area contributed by atoms with E-state index in [0.717, 1.165) is 18.8 Å². The Morgan fingerprint density at radius 3 is 2.72 bits per heavy atom. The molecular formula is C17H17ClN4O3. The van der Waals surface area contributed by atoms with Crippen molar-refractivity contribution in [2.75, 3.05) is 36.5 Å². The van der Waals surface area contributed by atoms with Crippen molar-refractivity contribution in [2.45, 2.75) is 0 Å². The summed E-state index contributed by atoms with van der Waals surface area (Å²) in [6.07, 6.45) is 2.86. The number of aromatic nitrogens is 2. The first-order valence-electron chi connectivity index (χ1n) is 7.72. The third-order valence-electron chi connectivity index (χ3n) is 3.58. The lowest BCUT2D eigenvalue weighted by atomic mass is 10.3. The van der Waals surface area contributed by atoms with Gasteiger partial charge in [0, 0.05) is 18.8 Å². The number of carbonyl (C=O) groups is 1. The van der Waals surface area contributed by atoms with E-state index in [0.29, 0.717) is 30.5 Å². The van der Waals surface area contributed by atoms with Gasteiger partial charge in [0.1, 0.15) is 11.4 Å². The zero-order valence-electron chi connectivity index (χ0n) is 13.4. The standard InChI is InChI=1S/C17H17ClN4O3/c1-2-15(23)20-12-3-5-13(6-4-12)25-16-14(11-19-17(18)21-16)22-7-9-24-10-8-22/h2-6,11H,1,7-10H2,(H,20,23). The average Bonchev–Trinajstić information content (AvgIpc) is 2.64. The maximum atomic E-state index is 11.3. The Kier molecular flexibility index (Phi) is 5.47. The average molecular weight is 361 g/mol. The van der Waals surface area contributed by atoms with Gasteiger partial charge in [-0.3, -0.25) is 4.79 Å². The Labute approximate surface area is 150 Å². The van der Waals surface area contributed by atoms with Crippen molar-refractivity contribution in [3.8, 4) is 11.6 Å². The van der Waals surface area contributed by atoms with E-state index in [1.807, 2.05) is 0 Å². The smallest absolute Gasteiger partial charge is 0.247 e. The van der Waals surface area contributed by atoms with E-state index < -0.39 is 0 Å². The van der Waals surface area contributed by atoms with Crippen LogP contribution in [0.25, 0.3) is 0 Å². The quantitative estimate of drug-likeness (QED) is 0.652. The van der Waals surface area contributed by atoms with Gasteiger partial charge in [-0.2, -0.15) is 4.98 Å². The molecule has 1 aliphatic heterocycles. The molecular weight excluding hydrogens is 344 g/mol. The van der Waals surface area contributed by atoms with Crippen LogP contribution in [0.1, 0.15) is 0 Å². The number of ether oxygens (including phenoxy) is 2. The number of hydrogen-bond donors (Lipinski definition) is 1. The summed E-state index contributed by atoms with van der Waals surface area (Å²) in [6.45, 7) is 6.15. The predicted octanol–water partition coefficient (Wildman–Crippen LogP) is 2.88. The summed E-state index contributed by atoms with van der Waals surface area (Å²) in [6, 6.07) is 6.93. The lowest BCUT2D eigenvalue weighted by molar-refractivity contribution is -0.111. The van der Waals surface area contributed by atoms with Crippen LogP contribution < -0.4 is 15.0 Å². The van der Waals surface area contributed by atoms with Gasteiger partial charge in [-0.1, -0.05) is 6.58 Å². The molecule has 1 N–H and O–H groups in total. The second-order valence-corrected chi connectivity index (χ2v) is 5.59. The minimum absolute atomic E-state index is 0.113. The van der Waals surface area contributed by atoms with Crippen molar-refractivity contribution in [1.29, 1.82) is 0 Å². The zero-order chi connectivity index (χ0) is 17.6. The second kappa shape index (κ2) is 7.96. The van der Waals surface area contributed by atoms with Gasteiger partial charge in [-0.05, 0) is 41.9 Å². The van der Waals surface area contributed by atoms with Gasteiger partial charge < -0.3 is 19.7 Å². The molecule has 0 atom stereocenters. The van der Waals surface area contributed by atoms with Gasteiger partial charge >= 0.3 is 0 Å². The van der Waals surface area contributed by atoms with Crippen LogP contribution in [0, 0.1) is 0 Å². The molecule has 0 spiro atoms. The number of nitrogens with zero attached hydrogens (tertiary/aromatic N) is 3. The predicted molar refractivity (Wildman–Crippen MR) is 95.4 cm³/mol. The SMILES string of the molecule is C=CC(=O)Nc1ccc(Oc2nc(Cl)ncc2N2CCOCC2)cc1. The van der Waals surface area contributed by atoms with Gasteiger partial charge in [0.05, 0.1) is 19.4 Å². The molecule has 0 bridgehead atoms. The fourth-order valence-electron chi connectivity index (χ4n) is 2.35. The molecule has 3 rings (SSSR count). The Morgan fingerprint density at radius 2 is 2.04 bits per heavy atom. The summed E-state index contributed by atoms with van der Waals surface area (Å²) >= 11 is 5.92. The van der Waals surface area contributed by atoms with E-state index in [9.17, 15) is 4.79 Å². The maximum Gasteiger partial charge on any atom is 0.247 e. The molecule has 2 heterocycles. The molecule has 0 saturated carbocycles. The van der Waals surface area contributed by atoms with Gasteiger partial charge in [0.2, 0.25) is 17.1 Å². The number of benzene rings is 1. The topological polar surface area (TPSA) is 76.6 Å². The third kappa shape index (κ3) is 4.46. The van der Waals surface area contributed by atoms with Crippen molar-refractivity contribution in [3.63, 3.8) is 0 Å². The molecule has 8 heteroatoms. The van der Waals surface area contributed by atoms with Crippen LogP contribution in [0.4, 0.5) is 11.4 Å². The highest BCUT2D eigenvalue weighted by Gasteiger charge is 2.18. The van der Waals surface area contributed by atoms with Crippen LogP contribution in [0.3, 0.4) is 0 Å². The first kappa shape index (κ1) is 17.2. The van der Waals surface area contributed by atoms with E-state index in [2.05, 4.69) is 26.8 Å². The molecule has 1 saturated heterocycles. The molecule has 130 valence electrons. The Balaban J connectivity index is 1.78. The molecule has 1 amide bonds. The Morgan fingerprint density at radius 1 is 1.32 bits per heavy atom. The van der Waals surface area contributed by atoms with Crippen molar-refractivity contribution in [2.24, 2.45) is 0 Å². The second-order valence-electron chi connectivity index (χ2n) is 5.25. The molecule has 1 aromatic carbocycles. The zero-order valence-corrected chi connectivity index (χ0v) is 14.2. The van der Waals surface area contributed by atoms with Crippen LogP contribution in [-0.2, 0) is 9.53 Å². The summed E-state index contributed by atoms with van der Waals surface area (Å²) in [7, 11) is 0. The van der Waals surface area contributed by atoms with Crippen LogP contribution in [0.15, 0.2) is 43.1 Å². The number of hydrogen-bond acceptors (Lipinski definition) is 6. The summed E-state index contributed by atoms with van der Waals surface area (Å²) in [5.41, 5.74) is 1.41. The fraction of sp³-hybridized carbons (Fsp3) is 0.235. The van der Waals surface area contributed by atoms with Crippen molar-refractivity contribution < 1.29 is 14.3 Å². The molecule has 0 unspecified atom stereocenters. The first-order chi connectivity index (χ1) is 12.2. The molecule has 25 heavy (non-hydrogen) atoms. The number of anilines is 2. The third-order valence-corrected chi connectivity index (χ3v) is 3.76. The normalized spacial score (nSPS) is 14.0. The number of morpholine rings is 1. The van der Waals surface area contributed by atoms with Gasteiger partial charge in [-0.15, -0.1) is 0 Å². The molecule has 0 aliphatic carbocycles. The number of halogens is 1. The monoisotopic (exact) mass is 360 g/mol. The maximum absolute atomic E-state index is 11.3. The van der Waals surface area contributed by atoms with E-state index in [-0.39, 0.29) is 11.2 Å². The Bertz CT molecular complexity index is 761. The van der Waals surface area contributed by atoms with Gasteiger partial charge in [0.15, 0.2) is 0 Å². The number of rotatable bonds is 5. The highest BCUT2D eigenvalue weighted by Crippen LogP contribution is 2.31. The molecule has 2 aromatic rings. The van der Waals surface area contributed by atoms with Crippen LogP contribution >= 0.6 is 11.6 Å². The largest absolute Gasteiger partial charge is 0.437 e. The summed E-state index contributed by atoms with van der Waals surface area (Å²) < 4.78 is 11.2. The molecule has 7 nitrogen and oxygen atoms in total. The number of amides is 1. The number of nitrogens with one attached hydrogen (secondary N) is 1. The van der Waals surface area contributed by atoms with Crippen molar-refractivity contribution in [1.82, 2.24) is 9.97 Å². The fourth-order valence-corrected chi connectivity index (χ4v) is 2.47. The lowest BCUT2D eigenvalue weighted by Crippen LogP contribution is -2.36. The summed E-state index contributed by atoms with van der Waals surface area (Å²) in [5, 5.41) is 2.79. The molecule has 1 fully saturated rings. The minimum Gasteiger partial charge on any atom is -0.437 e. The van der Waals surface area contributed by atoms with Crippen molar-refractivity contribution >= 4 is 28.9 Å². The molecule has 1 aliphatic rings. The lowest BCUT2D eigenvalue weighted by Gasteiger charge is -2.29. The van der Waals surface area contributed by atoms with Gasteiger partial charge in [-0.25, -0.2) is 4.98 Å². The van der Waals surface area contributed by atoms with E-state index in [4.69, 9.17) is 21.1 Å². The highest BCUT2D eigenvalue weighted by molar-refractivity contribution is 6.28.